The third-order valence-corrected chi connectivity index (χ3v) is 9.09. The van der Waals surface area contributed by atoms with E-state index in [1.54, 1.807) is 24.3 Å². The van der Waals surface area contributed by atoms with Crippen molar-refractivity contribution in [2.45, 2.75) is 70.2 Å². The lowest BCUT2D eigenvalue weighted by molar-refractivity contribution is -0.134. The summed E-state index contributed by atoms with van der Waals surface area (Å²) in [4.78, 5) is 26.8. The summed E-state index contributed by atoms with van der Waals surface area (Å²) >= 11 is 0. The van der Waals surface area contributed by atoms with Gasteiger partial charge in [0.25, 0.3) is 15.9 Å². The van der Waals surface area contributed by atoms with Gasteiger partial charge in [-0.3, -0.25) is 9.59 Å². The van der Waals surface area contributed by atoms with Crippen LogP contribution in [-0.2, 0) is 24.3 Å². The van der Waals surface area contributed by atoms with Crippen LogP contribution < -0.4 is 0 Å². The number of rotatable bonds is 7. The average molecular weight is 446 g/mol. The lowest BCUT2D eigenvalue weighted by atomic mass is 9.66. The van der Waals surface area contributed by atoms with Crippen LogP contribution >= 0.6 is 0 Å². The van der Waals surface area contributed by atoms with Crippen LogP contribution in [0.4, 0.5) is 0 Å². The van der Waals surface area contributed by atoms with Crippen molar-refractivity contribution in [3.8, 4) is 0 Å². The Kier molecular flexibility index (Phi) is 5.85. The molecule has 3 aliphatic rings. The summed E-state index contributed by atoms with van der Waals surface area (Å²) in [6, 6.07) is 5.85. The van der Waals surface area contributed by atoms with Crippen LogP contribution in [-0.4, -0.2) is 43.7 Å². The van der Waals surface area contributed by atoms with E-state index >= 15 is 0 Å². The van der Waals surface area contributed by atoms with Crippen molar-refractivity contribution in [1.82, 2.24) is 4.31 Å². The van der Waals surface area contributed by atoms with Crippen molar-refractivity contribution in [2.75, 3.05) is 13.2 Å². The molecule has 1 aromatic rings. The maximum absolute atomic E-state index is 13.7. The molecule has 0 unspecified atom stereocenters. The third-order valence-electron chi connectivity index (χ3n) is 7.29. The highest BCUT2D eigenvalue weighted by atomic mass is 32.2. The topological polar surface area (TPSA) is 80.8 Å². The highest BCUT2D eigenvalue weighted by molar-refractivity contribution is 7.89. The van der Waals surface area contributed by atoms with Crippen molar-refractivity contribution >= 4 is 21.7 Å². The molecular formula is C24H31NO5S. The number of ketones is 1. The number of carbonyl (C=O) groups excluding carboxylic acids is 2. The molecule has 0 N–H and O–H groups in total. The first-order chi connectivity index (χ1) is 14.7. The number of nitrogens with zero attached hydrogens (tertiary/aromatic N) is 1. The summed E-state index contributed by atoms with van der Waals surface area (Å²) in [5.74, 6) is -0.675. The van der Waals surface area contributed by atoms with Crippen LogP contribution in [0.1, 0.15) is 57.9 Å². The van der Waals surface area contributed by atoms with Gasteiger partial charge in [-0.25, -0.2) is 12.7 Å². The zero-order chi connectivity index (χ0) is 22.4. The van der Waals surface area contributed by atoms with Gasteiger partial charge >= 0.3 is 0 Å². The Morgan fingerprint density at radius 2 is 1.81 bits per heavy atom. The molecule has 2 heterocycles. The number of hydrogen-bond donors (Lipinski definition) is 0. The van der Waals surface area contributed by atoms with Crippen LogP contribution in [0, 0.1) is 18.3 Å². The molecule has 31 heavy (non-hydrogen) atoms. The molecule has 3 atom stereocenters. The molecule has 0 spiro atoms. The monoisotopic (exact) mass is 445 g/mol. The molecule has 2 fully saturated rings. The largest absolute Gasteiger partial charge is 0.379 e. The Morgan fingerprint density at radius 1 is 1.10 bits per heavy atom. The number of sulfonamides is 1. The zero-order valence-electron chi connectivity index (χ0n) is 18.5. The van der Waals surface area contributed by atoms with E-state index in [0.29, 0.717) is 30.6 Å². The van der Waals surface area contributed by atoms with Crippen LogP contribution in [0.3, 0.4) is 0 Å². The molecule has 168 valence electrons. The molecule has 1 amide bonds. The van der Waals surface area contributed by atoms with Crippen LogP contribution in [0.25, 0.3) is 0 Å². The number of ether oxygens (including phenoxy) is 1. The van der Waals surface area contributed by atoms with Crippen molar-refractivity contribution in [3.63, 3.8) is 0 Å². The minimum absolute atomic E-state index is 0.0192. The molecule has 1 aliphatic carbocycles. The summed E-state index contributed by atoms with van der Waals surface area (Å²) in [5, 5.41) is 0. The van der Waals surface area contributed by atoms with Crippen LogP contribution in [0.15, 0.2) is 40.3 Å². The van der Waals surface area contributed by atoms with Gasteiger partial charge in [-0.15, -0.1) is 0 Å². The molecule has 4 rings (SSSR count). The average Bonchev–Trinajstić information content (AvgIpc) is 2.99. The number of hydrogen-bond acceptors (Lipinski definition) is 5. The molecule has 1 aromatic carbocycles. The van der Waals surface area contributed by atoms with Crippen molar-refractivity contribution in [1.29, 1.82) is 0 Å². The first-order valence-electron chi connectivity index (χ1n) is 11.2. The number of amides is 1. The molecule has 2 aliphatic heterocycles. The summed E-state index contributed by atoms with van der Waals surface area (Å²) in [7, 11) is -4.08. The number of carbonyl (C=O) groups is 2. The standard InChI is InChI=1S/C24H31NO5S/c1-4-5-6-7-8-19-22-20(26)13-17-14-30-15-21(24(17,22)3)25(23(19)27)31(28,29)18-11-9-16(2)10-12-18/h9-12,17,21H,4-8,13-15H2,1-3H3/t17-,21+,24-/m0/s1. The van der Waals surface area contributed by atoms with Gasteiger partial charge in [0, 0.05) is 28.9 Å². The summed E-state index contributed by atoms with van der Waals surface area (Å²) < 4.78 is 34.1. The van der Waals surface area contributed by atoms with Crippen molar-refractivity contribution < 1.29 is 22.7 Å². The fraction of sp³-hybridized carbons (Fsp3) is 0.583. The third kappa shape index (κ3) is 3.46. The van der Waals surface area contributed by atoms with E-state index in [1.807, 2.05) is 13.8 Å². The second-order valence-corrected chi connectivity index (χ2v) is 11.1. The molecule has 1 saturated heterocycles. The van der Waals surface area contributed by atoms with Gasteiger partial charge in [-0.1, -0.05) is 50.8 Å². The highest BCUT2D eigenvalue weighted by Crippen LogP contribution is 2.56. The van der Waals surface area contributed by atoms with Gasteiger partial charge < -0.3 is 4.74 Å². The minimum atomic E-state index is -4.08. The number of Topliss-reactive ketones (excluding diaryl/α,β-unsaturated/α-hetero) is 1. The molecule has 0 aromatic heterocycles. The Hall–Kier alpha value is -1.99. The van der Waals surface area contributed by atoms with E-state index in [4.69, 9.17) is 4.74 Å². The fourth-order valence-electron chi connectivity index (χ4n) is 5.46. The Morgan fingerprint density at radius 3 is 2.48 bits per heavy atom. The maximum atomic E-state index is 13.7. The van der Waals surface area contributed by atoms with E-state index < -0.39 is 27.4 Å². The fourth-order valence-corrected chi connectivity index (χ4v) is 7.11. The van der Waals surface area contributed by atoms with Crippen molar-refractivity contribution in [2.24, 2.45) is 11.3 Å². The quantitative estimate of drug-likeness (QED) is 0.597. The van der Waals surface area contributed by atoms with Gasteiger partial charge in [-0.05, 0) is 31.9 Å². The van der Waals surface area contributed by atoms with E-state index in [-0.39, 0.29) is 23.2 Å². The van der Waals surface area contributed by atoms with Gasteiger partial charge in [0.1, 0.15) is 0 Å². The normalized spacial score (nSPS) is 28.3. The van der Waals surface area contributed by atoms with Gasteiger partial charge in [0.2, 0.25) is 0 Å². The van der Waals surface area contributed by atoms with E-state index in [0.717, 1.165) is 35.6 Å². The predicted octanol–water partition coefficient (Wildman–Crippen LogP) is 3.79. The lowest BCUT2D eigenvalue weighted by Gasteiger charge is -2.51. The number of benzene rings is 1. The second-order valence-electron chi connectivity index (χ2n) is 9.24. The number of unbranched alkanes of at least 4 members (excludes halogenated alkanes) is 3. The Bertz CT molecular complexity index is 1030. The van der Waals surface area contributed by atoms with Crippen LogP contribution in [0.2, 0.25) is 0 Å². The lowest BCUT2D eigenvalue weighted by Crippen LogP contribution is -2.62. The second kappa shape index (κ2) is 8.17. The molecule has 6 nitrogen and oxygen atoms in total. The Balaban J connectivity index is 1.83. The molecule has 1 saturated carbocycles. The molecular weight excluding hydrogens is 414 g/mol. The first kappa shape index (κ1) is 22.2. The van der Waals surface area contributed by atoms with E-state index in [9.17, 15) is 18.0 Å². The predicted molar refractivity (Wildman–Crippen MR) is 117 cm³/mol. The SMILES string of the molecule is CCCCCCC1=C2C(=O)C[C@H]3COC[C@@H](N(S(=O)(=O)c4ccc(C)cc4)C1=O)[C@@]23C. The smallest absolute Gasteiger partial charge is 0.267 e. The molecule has 0 bridgehead atoms. The number of aryl methyl sites for hydroxylation is 1. The summed E-state index contributed by atoms with van der Waals surface area (Å²) in [6.07, 6.45) is 4.58. The van der Waals surface area contributed by atoms with E-state index in [2.05, 4.69) is 6.92 Å². The zero-order valence-corrected chi connectivity index (χ0v) is 19.3. The van der Waals surface area contributed by atoms with Crippen LogP contribution in [0.5, 0.6) is 0 Å². The maximum Gasteiger partial charge on any atom is 0.267 e. The van der Waals surface area contributed by atoms with Gasteiger partial charge in [0.05, 0.1) is 24.2 Å². The highest BCUT2D eigenvalue weighted by Gasteiger charge is 2.63. The molecule has 0 radical (unpaired) electrons. The van der Waals surface area contributed by atoms with Gasteiger partial charge in [-0.2, -0.15) is 0 Å². The minimum Gasteiger partial charge on any atom is -0.379 e. The van der Waals surface area contributed by atoms with Gasteiger partial charge in [0.15, 0.2) is 5.78 Å². The van der Waals surface area contributed by atoms with Crippen molar-refractivity contribution in [3.05, 3.63) is 41.0 Å². The Labute approximate surface area is 184 Å². The van der Waals surface area contributed by atoms with E-state index in [1.165, 1.54) is 0 Å². The first-order valence-corrected chi connectivity index (χ1v) is 12.7. The molecule has 7 heteroatoms. The summed E-state index contributed by atoms with van der Waals surface area (Å²) in [6.45, 7) is 6.49. The summed E-state index contributed by atoms with van der Waals surface area (Å²) in [5.41, 5.74) is 1.22.